The second kappa shape index (κ2) is 19.2. The fourth-order valence-corrected chi connectivity index (χ4v) is 9.41. The molecule has 350 valence electrons. The first kappa shape index (κ1) is 50.8. The second-order valence-corrected chi connectivity index (χ2v) is 16.8. The molecule has 7 rings (SSSR count). The molecule has 7 aromatic rings. The highest BCUT2D eigenvalue weighted by atomic mass is 35.5. The molecule has 0 N–H and O–H groups in total. The van der Waals surface area contributed by atoms with Crippen LogP contribution in [0.1, 0.15) is 0 Å². The Bertz CT molecular complexity index is 2610. The molecule has 0 aliphatic carbocycles. The van der Waals surface area contributed by atoms with Gasteiger partial charge in [-0.2, -0.15) is 0 Å². The quantitative estimate of drug-likeness (QED) is 0.0491. The van der Waals surface area contributed by atoms with Gasteiger partial charge in [-0.1, -0.05) is 34.8 Å². The van der Waals surface area contributed by atoms with Crippen LogP contribution in [0.2, 0.25) is 15.1 Å². The lowest BCUT2D eigenvalue weighted by Gasteiger charge is -2.44. The van der Waals surface area contributed by atoms with E-state index in [0.29, 0.717) is 0 Å². The highest BCUT2D eigenvalue weighted by molar-refractivity contribution is 7.97. The Morgan fingerprint density at radius 1 is 0.224 bits per heavy atom. The van der Waals surface area contributed by atoms with E-state index in [9.17, 15) is 52.7 Å². The van der Waals surface area contributed by atoms with E-state index in [2.05, 4.69) is 36.4 Å². The summed E-state index contributed by atoms with van der Waals surface area (Å²) in [5, 5.41) is 2.21. The molecule has 0 heterocycles. The van der Waals surface area contributed by atoms with Gasteiger partial charge >= 0.3 is 0 Å². The van der Waals surface area contributed by atoms with Crippen LogP contribution < -0.4 is 21.9 Å². The molecule has 0 saturated heterocycles. The van der Waals surface area contributed by atoms with Gasteiger partial charge in [0.2, 0.25) is 0 Å². The van der Waals surface area contributed by atoms with Gasteiger partial charge in [0.05, 0.1) is 10.9 Å². The fraction of sp³-hybridized carbons (Fsp3) is 0. The van der Waals surface area contributed by atoms with Gasteiger partial charge in [-0.05, 0) is 72.8 Å². The van der Waals surface area contributed by atoms with E-state index >= 15 is 35.1 Å². The van der Waals surface area contributed by atoms with Gasteiger partial charge in [0.25, 0.3) is 0 Å². The molecule has 0 bridgehead atoms. The number of hydrogen-bond donors (Lipinski definition) is 0. The summed E-state index contributed by atoms with van der Waals surface area (Å²) in [5.41, 5.74) is -14.3. The minimum Gasteiger partial charge on any atom is -0.207 e. The summed E-state index contributed by atoms with van der Waals surface area (Å²) in [7, 11) is -0.215. The molecule has 25 heteroatoms. The topological polar surface area (TPSA) is 0 Å². The van der Waals surface area contributed by atoms with Crippen molar-refractivity contribution < 1.29 is 87.8 Å². The van der Waals surface area contributed by atoms with Crippen molar-refractivity contribution in [1.82, 2.24) is 0 Å². The lowest BCUT2D eigenvalue weighted by Crippen LogP contribution is -2.81. The smallest absolute Gasteiger partial charge is 0.200 e. The molecular formula is C42H12BCl3F20S. The standard InChI is InChI=1S/C24BF20.C18H12Cl3S/c26-5-1(6(27)14(35)21(42)13(5)34)25(2-7(28)15(36)22(43)16(37)8(2)29,3-9(30)17(38)23(44)18(39)10(3)31)4-11(32)19(40)24(45)20(41)12(4)33;19-13-1-7-16(8-2-13)22(17-9-3-14(20)4-10-17)18-11-5-15(21)6-12-18/h;1-12H/q-1;+1. The van der Waals surface area contributed by atoms with E-state index in [-0.39, 0.29) is 10.9 Å². The summed E-state index contributed by atoms with van der Waals surface area (Å²) in [4.78, 5) is 3.61. The van der Waals surface area contributed by atoms with E-state index in [0.717, 1.165) is 15.1 Å². The van der Waals surface area contributed by atoms with E-state index in [1.54, 1.807) is 0 Å². The Kier molecular flexibility index (Phi) is 14.6. The largest absolute Gasteiger partial charge is 0.207 e. The highest BCUT2D eigenvalue weighted by Crippen LogP contribution is 2.34. The average molecular weight is 1050 g/mol. The molecular weight excluding hydrogens is 1030 g/mol. The van der Waals surface area contributed by atoms with Crippen LogP contribution in [0.15, 0.2) is 87.5 Å². The van der Waals surface area contributed by atoms with E-state index in [1.165, 1.54) is 14.7 Å². The third-order valence-corrected chi connectivity index (χ3v) is 12.8. The zero-order chi connectivity index (χ0) is 49.9. The van der Waals surface area contributed by atoms with Crippen molar-refractivity contribution in [3.05, 3.63) is 204 Å². The van der Waals surface area contributed by atoms with Crippen LogP contribution in [-0.2, 0) is 10.9 Å². The monoisotopic (exact) mass is 1040 g/mol. The average Bonchev–Trinajstić information content (AvgIpc) is 3.31. The second-order valence-electron chi connectivity index (χ2n) is 13.5. The number of halogens is 23. The molecule has 0 fully saturated rings. The van der Waals surface area contributed by atoms with Crippen LogP contribution in [0.4, 0.5) is 87.8 Å². The van der Waals surface area contributed by atoms with Crippen molar-refractivity contribution in [2.24, 2.45) is 0 Å². The van der Waals surface area contributed by atoms with Crippen LogP contribution in [0.3, 0.4) is 0 Å². The van der Waals surface area contributed by atoms with E-state index in [4.69, 9.17) is 34.8 Å². The Balaban J connectivity index is 0.000000279. The zero-order valence-corrected chi connectivity index (χ0v) is 34.7. The van der Waals surface area contributed by atoms with Gasteiger partial charge in [0.1, 0.15) is 52.7 Å². The Labute approximate surface area is 379 Å². The van der Waals surface area contributed by atoms with Crippen molar-refractivity contribution in [3.63, 3.8) is 0 Å². The first-order chi connectivity index (χ1) is 31.3. The maximum atomic E-state index is 15.4. The molecule has 0 aliphatic rings. The van der Waals surface area contributed by atoms with Crippen LogP contribution >= 0.6 is 34.8 Å². The van der Waals surface area contributed by atoms with Crippen LogP contribution in [0, 0.1) is 116 Å². The molecule has 0 unspecified atom stereocenters. The third-order valence-electron chi connectivity index (χ3n) is 9.86. The molecule has 0 spiro atoms. The van der Waals surface area contributed by atoms with Crippen LogP contribution in [0.5, 0.6) is 0 Å². The van der Waals surface area contributed by atoms with Crippen molar-refractivity contribution in [3.8, 4) is 0 Å². The minimum absolute atomic E-state index is 0.215. The van der Waals surface area contributed by atoms with Gasteiger partial charge in [0.15, 0.2) is 84.5 Å². The molecule has 0 nitrogen and oxygen atoms in total. The maximum Gasteiger partial charge on any atom is 0.200 e. The normalized spacial score (nSPS) is 11.6. The molecule has 0 saturated carbocycles. The van der Waals surface area contributed by atoms with Gasteiger partial charge in [-0.15, -0.1) is 21.9 Å². The number of benzene rings is 7. The maximum absolute atomic E-state index is 15.4. The summed E-state index contributed by atoms with van der Waals surface area (Å²) >= 11 is 18.1. The van der Waals surface area contributed by atoms with Crippen molar-refractivity contribution in [1.29, 1.82) is 0 Å². The number of hydrogen-bond acceptors (Lipinski definition) is 0. The van der Waals surface area contributed by atoms with Gasteiger partial charge in [-0.25, -0.2) is 87.8 Å². The third kappa shape index (κ3) is 8.43. The minimum atomic E-state index is -7.22. The van der Waals surface area contributed by atoms with Crippen LogP contribution in [-0.4, -0.2) is 6.15 Å². The Hall–Kier alpha value is -5.58. The summed E-state index contributed by atoms with van der Waals surface area (Å²) in [6, 6.07) is 23.9. The molecule has 0 radical (unpaired) electrons. The summed E-state index contributed by atoms with van der Waals surface area (Å²) in [5.74, 6) is -71.4. The summed E-state index contributed by atoms with van der Waals surface area (Å²) in [6.45, 7) is 0. The SMILES string of the molecule is Clc1ccc([S+](c2ccc(Cl)cc2)c2ccc(Cl)cc2)cc1.Fc1c(F)c(F)c([B-](c2c(F)c(F)c(F)c(F)c2F)(c2c(F)c(F)c(F)c(F)c2F)c2c(F)c(F)c(F)c(F)c2F)c(F)c1F. The Morgan fingerprint density at radius 3 is 0.507 bits per heavy atom. The molecule has 0 atom stereocenters. The molecule has 0 aromatic heterocycles. The first-order valence-electron chi connectivity index (χ1n) is 17.6. The van der Waals surface area contributed by atoms with E-state index in [1.807, 2.05) is 36.4 Å². The predicted molar refractivity (Wildman–Crippen MR) is 206 cm³/mol. The van der Waals surface area contributed by atoms with Crippen molar-refractivity contribution >= 4 is 73.7 Å². The van der Waals surface area contributed by atoms with Crippen molar-refractivity contribution in [2.75, 3.05) is 0 Å². The number of rotatable bonds is 7. The molecule has 7 aromatic carbocycles. The van der Waals surface area contributed by atoms with E-state index < -0.39 is 144 Å². The fourth-order valence-electron chi connectivity index (χ4n) is 6.99. The van der Waals surface area contributed by atoms with Gasteiger partial charge < -0.3 is 0 Å². The molecule has 0 aliphatic heterocycles. The first-order valence-corrected chi connectivity index (χ1v) is 19.9. The zero-order valence-electron chi connectivity index (χ0n) is 31.6. The lowest BCUT2D eigenvalue weighted by atomic mass is 9.12. The summed E-state index contributed by atoms with van der Waals surface area (Å²) < 4.78 is 294. The Morgan fingerprint density at radius 2 is 0.358 bits per heavy atom. The van der Waals surface area contributed by atoms with Crippen LogP contribution in [0.25, 0.3) is 0 Å². The summed E-state index contributed by atoms with van der Waals surface area (Å²) in [6.07, 6.45) is -7.22. The molecule has 0 amide bonds. The molecule has 67 heavy (non-hydrogen) atoms. The van der Waals surface area contributed by atoms with Gasteiger partial charge in [-0.3, -0.25) is 0 Å². The van der Waals surface area contributed by atoms with Gasteiger partial charge in [0, 0.05) is 15.1 Å². The predicted octanol–water partition coefficient (Wildman–Crippen LogP) is 12.6. The van der Waals surface area contributed by atoms with Crippen molar-refractivity contribution in [2.45, 2.75) is 14.7 Å². The lowest BCUT2D eigenvalue weighted by molar-refractivity contribution is 0.378. The highest BCUT2D eigenvalue weighted by Gasteiger charge is 2.52.